The number of thioether (sulfide) groups is 1. The van der Waals surface area contributed by atoms with E-state index in [9.17, 15) is 13.2 Å². The van der Waals surface area contributed by atoms with E-state index in [1.807, 2.05) is 30.0 Å². The second-order valence-corrected chi connectivity index (χ2v) is 10.2. The number of ether oxygens (including phenoxy) is 1. The number of benzene rings is 1. The molecule has 1 aliphatic carbocycles. The van der Waals surface area contributed by atoms with Crippen molar-refractivity contribution in [3.63, 3.8) is 0 Å². The first-order valence-electron chi connectivity index (χ1n) is 9.22. The van der Waals surface area contributed by atoms with Crippen LogP contribution in [0.4, 0.5) is 0 Å². The zero-order valence-electron chi connectivity index (χ0n) is 15.2. The van der Waals surface area contributed by atoms with Crippen molar-refractivity contribution < 1.29 is 17.9 Å². The van der Waals surface area contributed by atoms with E-state index >= 15 is 0 Å². The van der Waals surface area contributed by atoms with Crippen LogP contribution >= 0.6 is 11.8 Å². The van der Waals surface area contributed by atoms with Crippen molar-refractivity contribution in [2.45, 2.75) is 43.4 Å². The number of fused-ring (bicyclic) bond motifs is 1. The molecule has 1 N–H and O–H groups in total. The second kappa shape index (κ2) is 7.35. The van der Waals surface area contributed by atoms with Crippen LogP contribution < -0.4 is 4.74 Å². The third-order valence-electron chi connectivity index (χ3n) is 4.91. The highest BCUT2D eigenvalue weighted by atomic mass is 32.2. The first-order valence-corrected chi connectivity index (χ1v) is 12.0. The van der Waals surface area contributed by atoms with Crippen LogP contribution in [0.5, 0.6) is 5.75 Å². The molecule has 1 saturated carbocycles. The maximum Gasteiger partial charge on any atom is 0.233 e. The lowest BCUT2D eigenvalue weighted by Crippen LogP contribution is -2.43. The molecule has 0 radical (unpaired) electrons. The normalized spacial score (nSPS) is 21.4. The van der Waals surface area contributed by atoms with Gasteiger partial charge in [0.1, 0.15) is 5.75 Å². The molecule has 27 heavy (non-hydrogen) atoms. The summed E-state index contributed by atoms with van der Waals surface area (Å²) in [6.45, 7) is 2.54. The minimum Gasteiger partial charge on any atom is -0.494 e. The number of aromatic amines is 1. The smallest absolute Gasteiger partial charge is 0.233 e. The monoisotopic (exact) mass is 409 g/mol. The van der Waals surface area contributed by atoms with Gasteiger partial charge in [0.25, 0.3) is 0 Å². The standard InChI is InChI=1S/C18H23N3O4S2/c1-2-25-14-5-6-15-16(9-14)20-18(19-15)26-10-17(22)21(12-3-4-12)13-7-8-27(23,24)11-13/h5-6,9,12-13H,2-4,7-8,10-11H2,1H3,(H,19,20)/t13-/m1/s1. The van der Waals surface area contributed by atoms with Gasteiger partial charge in [-0.3, -0.25) is 4.79 Å². The van der Waals surface area contributed by atoms with Crippen LogP contribution in [0.15, 0.2) is 23.4 Å². The highest BCUT2D eigenvalue weighted by molar-refractivity contribution is 7.99. The van der Waals surface area contributed by atoms with Gasteiger partial charge in [-0.2, -0.15) is 0 Å². The molecule has 2 aromatic rings. The summed E-state index contributed by atoms with van der Waals surface area (Å²) in [6, 6.07) is 5.71. The SMILES string of the molecule is CCOc1ccc2nc(SCC(=O)N(C3CC3)[C@@H]3CCS(=O)(=O)C3)[nH]c2c1. The van der Waals surface area contributed by atoms with Gasteiger partial charge in [-0.05, 0) is 38.3 Å². The Labute approximate surface area is 162 Å². The number of imidazole rings is 1. The first kappa shape index (κ1) is 18.6. The van der Waals surface area contributed by atoms with E-state index in [1.165, 1.54) is 11.8 Å². The predicted octanol–water partition coefficient (Wildman–Crippen LogP) is 2.23. The van der Waals surface area contributed by atoms with Gasteiger partial charge in [0.15, 0.2) is 15.0 Å². The molecular formula is C18H23N3O4S2. The van der Waals surface area contributed by atoms with Gasteiger partial charge in [-0.15, -0.1) is 0 Å². The molecule has 0 spiro atoms. The van der Waals surface area contributed by atoms with Crippen LogP contribution in [0.3, 0.4) is 0 Å². The van der Waals surface area contributed by atoms with E-state index in [2.05, 4.69) is 9.97 Å². The van der Waals surface area contributed by atoms with Crippen LogP contribution in [-0.4, -0.2) is 65.1 Å². The molecule has 0 bridgehead atoms. The number of nitrogens with one attached hydrogen (secondary N) is 1. The fourth-order valence-corrected chi connectivity index (χ4v) is 6.01. The fourth-order valence-electron chi connectivity index (χ4n) is 3.55. The van der Waals surface area contributed by atoms with Crippen LogP contribution in [0.1, 0.15) is 26.2 Å². The summed E-state index contributed by atoms with van der Waals surface area (Å²) >= 11 is 1.36. The van der Waals surface area contributed by atoms with Crippen molar-refractivity contribution in [1.29, 1.82) is 0 Å². The van der Waals surface area contributed by atoms with E-state index in [-0.39, 0.29) is 35.2 Å². The van der Waals surface area contributed by atoms with Crippen molar-refractivity contribution in [1.82, 2.24) is 14.9 Å². The number of carbonyl (C=O) groups excluding carboxylic acids is 1. The fraction of sp³-hybridized carbons (Fsp3) is 0.556. The Kier molecular flexibility index (Phi) is 5.07. The van der Waals surface area contributed by atoms with Crippen molar-refractivity contribution in [3.8, 4) is 5.75 Å². The van der Waals surface area contributed by atoms with E-state index in [0.717, 1.165) is 29.6 Å². The lowest BCUT2D eigenvalue weighted by molar-refractivity contribution is -0.130. The second-order valence-electron chi connectivity index (χ2n) is 7.03. The van der Waals surface area contributed by atoms with E-state index in [0.29, 0.717) is 18.2 Å². The van der Waals surface area contributed by atoms with Crippen LogP contribution in [-0.2, 0) is 14.6 Å². The molecule has 2 heterocycles. The van der Waals surface area contributed by atoms with E-state index < -0.39 is 9.84 Å². The molecule has 2 aliphatic rings. The molecule has 0 unspecified atom stereocenters. The number of hydrogen-bond donors (Lipinski definition) is 1. The Hall–Kier alpha value is -1.74. The molecule has 1 aromatic heterocycles. The minimum atomic E-state index is -3.00. The summed E-state index contributed by atoms with van der Waals surface area (Å²) in [5.74, 6) is 1.33. The summed E-state index contributed by atoms with van der Waals surface area (Å²) in [7, 11) is -3.00. The van der Waals surface area contributed by atoms with Crippen molar-refractivity contribution >= 4 is 38.5 Å². The highest BCUT2D eigenvalue weighted by Crippen LogP contribution is 2.33. The maximum absolute atomic E-state index is 12.8. The largest absolute Gasteiger partial charge is 0.494 e. The lowest BCUT2D eigenvalue weighted by atomic mass is 10.2. The van der Waals surface area contributed by atoms with E-state index in [4.69, 9.17) is 4.74 Å². The number of nitrogens with zero attached hydrogens (tertiary/aromatic N) is 2. The van der Waals surface area contributed by atoms with Crippen molar-refractivity contribution in [3.05, 3.63) is 18.2 Å². The van der Waals surface area contributed by atoms with Gasteiger partial charge < -0.3 is 14.6 Å². The Morgan fingerprint density at radius 2 is 2.15 bits per heavy atom. The van der Waals surface area contributed by atoms with Gasteiger partial charge in [0.2, 0.25) is 5.91 Å². The van der Waals surface area contributed by atoms with Crippen LogP contribution in [0.2, 0.25) is 0 Å². The third kappa shape index (κ3) is 4.24. The van der Waals surface area contributed by atoms with Crippen LogP contribution in [0, 0.1) is 0 Å². The average molecular weight is 410 g/mol. The molecular weight excluding hydrogens is 386 g/mol. The quantitative estimate of drug-likeness (QED) is 0.705. The molecule has 1 saturated heterocycles. The molecule has 146 valence electrons. The van der Waals surface area contributed by atoms with Crippen molar-refractivity contribution in [2.75, 3.05) is 23.9 Å². The summed E-state index contributed by atoms with van der Waals surface area (Å²) in [4.78, 5) is 22.4. The molecule has 1 aromatic carbocycles. The predicted molar refractivity (Wildman–Crippen MR) is 105 cm³/mol. The topological polar surface area (TPSA) is 92.4 Å². The van der Waals surface area contributed by atoms with Gasteiger partial charge in [0.05, 0.1) is 34.9 Å². The zero-order valence-corrected chi connectivity index (χ0v) is 16.8. The maximum atomic E-state index is 12.8. The number of rotatable bonds is 7. The summed E-state index contributed by atoms with van der Waals surface area (Å²) < 4.78 is 29.1. The zero-order chi connectivity index (χ0) is 19.0. The van der Waals surface area contributed by atoms with Crippen molar-refractivity contribution in [2.24, 2.45) is 0 Å². The minimum absolute atomic E-state index is 0.0000569. The molecule has 7 nitrogen and oxygen atoms in total. The van der Waals surface area contributed by atoms with Gasteiger partial charge in [0, 0.05) is 18.2 Å². The Morgan fingerprint density at radius 3 is 2.81 bits per heavy atom. The number of sulfone groups is 1. The number of H-pyrrole nitrogens is 1. The van der Waals surface area contributed by atoms with Gasteiger partial charge in [-0.25, -0.2) is 13.4 Å². The molecule has 1 atom stereocenters. The number of amides is 1. The third-order valence-corrected chi connectivity index (χ3v) is 7.51. The number of hydrogen-bond acceptors (Lipinski definition) is 6. The van der Waals surface area contributed by atoms with Crippen LogP contribution in [0.25, 0.3) is 11.0 Å². The Morgan fingerprint density at radius 1 is 1.33 bits per heavy atom. The molecule has 2 fully saturated rings. The first-order chi connectivity index (χ1) is 12.9. The molecule has 1 amide bonds. The number of carbonyl (C=O) groups is 1. The Bertz CT molecular complexity index is 953. The summed E-state index contributed by atoms with van der Waals surface area (Å²) in [5.41, 5.74) is 1.70. The molecule has 1 aliphatic heterocycles. The lowest BCUT2D eigenvalue weighted by Gasteiger charge is -2.28. The Balaban J connectivity index is 1.42. The van der Waals surface area contributed by atoms with Gasteiger partial charge in [-0.1, -0.05) is 11.8 Å². The molecule has 9 heteroatoms. The summed E-state index contributed by atoms with van der Waals surface area (Å²) in [6.07, 6.45) is 2.50. The van der Waals surface area contributed by atoms with Gasteiger partial charge >= 0.3 is 0 Å². The summed E-state index contributed by atoms with van der Waals surface area (Å²) in [5, 5.41) is 0.682. The molecule has 4 rings (SSSR count). The van der Waals surface area contributed by atoms with E-state index in [1.54, 1.807) is 0 Å². The number of aromatic nitrogens is 2. The highest BCUT2D eigenvalue weighted by Gasteiger charge is 2.41. The average Bonchev–Trinajstić information content (AvgIpc) is 3.26.